The van der Waals surface area contributed by atoms with Gasteiger partial charge in [0.15, 0.2) is 0 Å². The van der Waals surface area contributed by atoms with Crippen molar-refractivity contribution in [3.63, 3.8) is 0 Å². The lowest BCUT2D eigenvalue weighted by atomic mass is 9.77. The number of H-pyrrole nitrogens is 1. The van der Waals surface area contributed by atoms with E-state index >= 15 is 0 Å². The number of hydrogen-bond donors (Lipinski definition) is 2. The van der Waals surface area contributed by atoms with Crippen molar-refractivity contribution in [3.8, 4) is 11.8 Å². The summed E-state index contributed by atoms with van der Waals surface area (Å²) in [5.41, 5.74) is -1.86. The van der Waals surface area contributed by atoms with E-state index in [-0.39, 0.29) is 5.69 Å². The van der Waals surface area contributed by atoms with Gasteiger partial charge in [-0.1, -0.05) is 42.5 Å². The first kappa shape index (κ1) is 17.8. The smallest absolute Gasteiger partial charge is 0.362 e. The first-order valence-corrected chi connectivity index (χ1v) is 7.91. The highest BCUT2D eigenvalue weighted by Crippen LogP contribution is 2.31. The van der Waals surface area contributed by atoms with Gasteiger partial charge < -0.3 is 5.11 Å². The SMILES string of the molecule is CC(C#N)(c1ccccc1)c1ccc(-n2nc(C(=O)O)c(=O)[nH]c2=O)cc1. The van der Waals surface area contributed by atoms with Gasteiger partial charge in [0.2, 0.25) is 5.69 Å². The van der Waals surface area contributed by atoms with Crippen LogP contribution in [-0.2, 0) is 5.41 Å². The van der Waals surface area contributed by atoms with Crippen LogP contribution in [0, 0.1) is 11.3 Å². The summed E-state index contributed by atoms with van der Waals surface area (Å²) in [5.74, 6) is -1.54. The third-order valence-corrected chi connectivity index (χ3v) is 4.29. The summed E-state index contributed by atoms with van der Waals surface area (Å²) in [4.78, 5) is 36.5. The van der Waals surface area contributed by atoms with Gasteiger partial charge in [-0.3, -0.25) is 9.78 Å². The van der Waals surface area contributed by atoms with Crippen LogP contribution in [-0.4, -0.2) is 25.8 Å². The van der Waals surface area contributed by atoms with Gasteiger partial charge in [-0.05, 0) is 30.2 Å². The topological polar surface area (TPSA) is 129 Å². The Hall–Kier alpha value is -3.99. The first-order chi connectivity index (χ1) is 12.9. The highest BCUT2D eigenvalue weighted by Gasteiger charge is 2.28. The van der Waals surface area contributed by atoms with Gasteiger partial charge in [0.05, 0.1) is 11.8 Å². The van der Waals surface area contributed by atoms with E-state index in [0.29, 0.717) is 5.56 Å². The summed E-state index contributed by atoms with van der Waals surface area (Å²) in [7, 11) is 0. The van der Waals surface area contributed by atoms with Crippen molar-refractivity contribution >= 4 is 5.97 Å². The van der Waals surface area contributed by atoms with Gasteiger partial charge >= 0.3 is 11.7 Å². The molecule has 0 fully saturated rings. The predicted octanol–water partition coefficient (Wildman–Crippen LogP) is 1.45. The Balaban J connectivity index is 2.08. The molecular weight excluding hydrogens is 348 g/mol. The predicted molar refractivity (Wildman–Crippen MR) is 95.9 cm³/mol. The molecule has 27 heavy (non-hydrogen) atoms. The Morgan fingerprint density at radius 2 is 1.70 bits per heavy atom. The number of aromatic carboxylic acids is 1. The molecular formula is C19H14N4O4. The summed E-state index contributed by atoms with van der Waals surface area (Å²) in [6.07, 6.45) is 0. The molecule has 0 aliphatic carbocycles. The maximum absolute atomic E-state index is 12.0. The number of nitrogens with one attached hydrogen (secondary N) is 1. The quantitative estimate of drug-likeness (QED) is 0.723. The van der Waals surface area contributed by atoms with Crippen molar-refractivity contribution in [1.82, 2.24) is 14.8 Å². The van der Waals surface area contributed by atoms with Crippen molar-refractivity contribution < 1.29 is 9.90 Å². The molecule has 8 heteroatoms. The molecule has 2 aromatic carbocycles. The van der Waals surface area contributed by atoms with E-state index in [2.05, 4.69) is 11.2 Å². The van der Waals surface area contributed by atoms with Crippen molar-refractivity contribution in [2.24, 2.45) is 0 Å². The zero-order valence-corrected chi connectivity index (χ0v) is 14.2. The number of nitrogens with zero attached hydrogens (tertiary/aromatic N) is 3. The molecule has 1 heterocycles. The molecule has 0 radical (unpaired) electrons. The molecule has 1 atom stereocenters. The average Bonchev–Trinajstić information content (AvgIpc) is 2.68. The van der Waals surface area contributed by atoms with Crippen LogP contribution in [0.15, 0.2) is 64.2 Å². The molecule has 0 aliphatic rings. The standard InChI is InChI=1S/C19H14N4O4/c1-19(11-20,12-5-3-2-4-6-12)13-7-9-14(10-8-13)23-18(27)21-16(24)15(22-23)17(25)26/h2-10H,1H3,(H,25,26)(H,21,24,27). The molecule has 1 unspecified atom stereocenters. The molecule has 2 N–H and O–H groups in total. The van der Waals surface area contributed by atoms with Crippen LogP contribution in [0.25, 0.3) is 5.69 Å². The van der Waals surface area contributed by atoms with E-state index in [0.717, 1.165) is 10.2 Å². The second-order valence-electron chi connectivity index (χ2n) is 5.97. The van der Waals surface area contributed by atoms with Crippen LogP contribution < -0.4 is 11.2 Å². The Labute approximate surface area is 153 Å². The number of nitriles is 1. The highest BCUT2D eigenvalue weighted by atomic mass is 16.4. The molecule has 8 nitrogen and oxygen atoms in total. The molecule has 0 bridgehead atoms. The number of aromatic nitrogens is 3. The van der Waals surface area contributed by atoms with E-state index in [9.17, 15) is 19.6 Å². The zero-order valence-electron chi connectivity index (χ0n) is 14.2. The Kier molecular flexibility index (Phi) is 4.44. The summed E-state index contributed by atoms with van der Waals surface area (Å²) in [6.45, 7) is 1.78. The zero-order chi connectivity index (χ0) is 19.6. The molecule has 0 amide bonds. The molecule has 0 saturated carbocycles. The van der Waals surface area contributed by atoms with Crippen LogP contribution in [0.3, 0.4) is 0 Å². The number of hydrogen-bond acceptors (Lipinski definition) is 5. The molecule has 0 aliphatic heterocycles. The minimum atomic E-state index is -1.54. The molecule has 134 valence electrons. The van der Waals surface area contributed by atoms with Gasteiger partial charge in [0.25, 0.3) is 5.56 Å². The molecule has 3 aromatic rings. The Morgan fingerprint density at radius 3 is 2.26 bits per heavy atom. The van der Waals surface area contributed by atoms with Gasteiger partial charge in [-0.25, -0.2) is 9.59 Å². The van der Waals surface area contributed by atoms with Crippen LogP contribution in [0.1, 0.15) is 28.5 Å². The Morgan fingerprint density at radius 1 is 1.11 bits per heavy atom. The van der Waals surface area contributed by atoms with Gasteiger partial charge in [0, 0.05) is 0 Å². The van der Waals surface area contributed by atoms with Crippen LogP contribution in [0.2, 0.25) is 0 Å². The largest absolute Gasteiger partial charge is 0.476 e. The minimum Gasteiger partial charge on any atom is -0.476 e. The van der Waals surface area contributed by atoms with Crippen LogP contribution in [0.4, 0.5) is 0 Å². The molecule has 0 saturated heterocycles. The monoisotopic (exact) mass is 362 g/mol. The van der Waals surface area contributed by atoms with E-state index in [1.165, 1.54) is 12.1 Å². The van der Waals surface area contributed by atoms with E-state index in [1.54, 1.807) is 19.1 Å². The lowest BCUT2D eigenvalue weighted by molar-refractivity contribution is 0.0685. The van der Waals surface area contributed by atoms with E-state index in [1.807, 2.05) is 35.3 Å². The Bertz CT molecular complexity index is 1160. The third-order valence-electron chi connectivity index (χ3n) is 4.29. The maximum atomic E-state index is 12.0. The molecule has 3 rings (SSSR count). The summed E-state index contributed by atoms with van der Waals surface area (Å²) in [6, 6.07) is 17.9. The van der Waals surface area contributed by atoms with E-state index < -0.39 is 28.3 Å². The number of carboxylic acid groups (broad SMARTS) is 1. The van der Waals surface area contributed by atoms with Gasteiger partial charge in [-0.15, -0.1) is 0 Å². The lowest BCUT2D eigenvalue weighted by Crippen LogP contribution is -2.35. The van der Waals surface area contributed by atoms with Crippen molar-refractivity contribution in [3.05, 3.63) is 92.3 Å². The van der Waals surface area contributed by atoms with Crippen molar-refractivity contribution in [1.29, 1.82) is 5.26 Å². The summed E-state index contributed by atoms with van der Waals surface area (Å²) in [5, 5.41) is 22.3. The molecule has 1 aromatic heterocycles. The maximum Gasteiger partial charge on any atom is 0.362 e. The second kappa shape index (κ2) is 6.72. The normalized spacial score (nSPS) is 12.7. The number of aromatic amines is 1. The van der Waals surface area contributed by atoms with Gasteiger partial charge in [0.1, 0.15) is 5.41 Å². The van der Waals surface area contributed by atoms with Crippen LogP contribution in [0.5, 0.6) is 0 Å². The number of carbonyl (C=O) groups is 1. The third kappa shape index (κ3) is 3.14. The lowest BCUT2D eigenvalue weighted by Gasteiger charge is -2.23. The number of benzene rings is 2. The van der Waals surface area contributed by atoms with Gasteiger partial charge in [-0.2, -0.15) is 15.0 Å². The van der Waals surface area contributed by atoms with Crippen molar-refractivity contribution in [2.75, 3.05) is 0 Å². The number of rotatable bonds is 4. The highest BCUT2D eigenvalue weighted by molar-refractivity contribution is 5.84. The summed E-state index contributed by atoms with van der Waals surface area (Å²) >= 11 is 0. The number of carboxylic acids is 1. The molecule has 0 spiro atoms. The first-order valence-electron chi connectivity index (χ1n) is 7.91. The second-order valence-corrected chi connectivity index (χ2v) is 5.97. The average molecular weight is 362 g/mol. The minimum absolute atomic E-state index is 0.260. The van der Waals surface area contributed by atoms with Crippen molar-refractivity contribution in [2.45, 2.75) is 12.3 Å². The fraction of sp³-hybridized carbons (Fsp3) is 0.105. The fourth-order valence-electron chi connectivity index (χ4n) is 2.72. The summed E-state index contributed by atoms with van der Waals surface area (Å²) < 4.78 is 0.793. The van der Waals surface area contributed by atoms with Crippen LogP contribution >= 0.6 is 0 Å². The fourth-order valence-corrected chi connectivity index (χ4v) is 2.72. The van der Waals surface area contributed by atoms with E-state index in [4.69, 9.17) is 5.11 Å².